The fourth-order valence-electron chi connectivity index (χ4n) is 3.43. The molecule has 1 aromatic heterocycles. The van der Waals surface area contributed by atoms with E-state index in [0.29, 0.717) is 11.6 Å². The van der Waals surface area contributed by atoms with Gasteiger partial charge in [0, 0.05) is 24.4 Å². The van der Waals surface area contributed by atoms with Gasteiger partial charge in [-0.25, -0.2) is 4.98 Å². The zero-order valence-corrected chi connectivity index (χ0v) is 14.4. The van der Waals surface area contributed by atoms with E-state index in [9.17, 15) is 9.59 Å². The molecule has 1 saturated heterocycles. The topological polar surface area (TPSA) is 62.3 Å². The summed E-state index contributed by atoms with van der Waals surface area (Å²) in [6.07, 6.45) is 9.24. The molecule has 2 fully saturated rings. The van der Waals surface area contributed by atoms with Crippen LogP contribution < -0.4 is 5.32 Å². The van der Waals surface area contributed by atoms with Crippen molar-refractivity contribution in [3.05, 3.63) is 11.1 Å². The van der Waals surface area contributed by atoms with Gasteiger partial charge in [0.2, 0.25) is 11.8 Å². The number of thiazole rings is 1. The third-order valence-corrected chi connectivity index (χ3v) is 5.61. The maximum atomic E-state index is 12.4. The molecule has 1 aliphatic carbocycles. The van der Waals surface area contributed by atoms with Gasteiger partial charge in [-0.15, -0.1) is 11.3 Å². The Morgan fingerprint density at radius 3 is 2.52 bits per heavy atom. The number of hydrogen-bond donors (Lipinski definition) is 1. The number of hydrogen-bond acceptors (Lipinski definition) is 4. The molecule has 2 aliphatic rings. The highest BCUT2D eigenvalue weighted by Crippen LogP contribution is 2.26. The van der Waals surface area contributed by atoms with Crippen LogP contribution in [-0.2, 0) is 16.0 Å². The van der Waals surface area contributed by atoms with E-state index in [1.165, 1.54) is 24.2 Å². The van der Waals surface area contributed by atoms with Gasteiger partial charge in [-0.05, 0) is 25.7 Å². The van der Waals surface area contributed by atoms with Crippen molar-refractivity contribution >= 4 is 28.3 Å². The summed E-state index contributed by atoms with van der Waals surface area (Å²) in [7, 11) is 0. The van der Waals surface area contributed by atoms with Gasteiger partial charge in [-0.3, -0.25) is 9.59 Å². The molecule has 0 bridgehead atoms. The summed E-state index contributed by atoms with van der Waals surface area (Å²) in [6, 6.07) is 0. The molecule has 6 heteroatoms. The average molecular weight is 335 g/mol. The van der Waals surface area contributed by atoms with E-state index < -0.39 is 0 Å². The minimum atomic E-state index is 0.0854. The molecule has 1 aromatic rings. The Hall–Kier alpha value is -1.43. The van der Waals surface area contributed by atoms with Crippen molar-refractivity contribution in [3.63, 3.8) is 0 Å². The molecule has 126 valence electrons. The number of amides is 2. The van der Waals surface area contributed by atoms with Crippen molar-refractivity contribution in [2.45, 2.75) is 57.8 Å². The van der Waals surface area contributed by atoms with E-state index in [1.54, 1.807) is 0 Å². The number of anilines is 1. The van der Waals surface area contributed by atoms with Crippen molar-refractivity contribution in [2.75, 3.05) is 18.4 Å². The summed E-state index contributed by atoms with van der Waals surface area (Å²) in [5.74, 6) is 0.384. The van der Waals surface area contributed by atoms with E-state index in [2.05, 4.69) is 10.3 Å². The summed E-state index contributed by atoms with van der Waals surface area (Å²) >= 11 is 1.42. The van der Waals surface area contributed by atoms with Gasteiger partial charge in [0.1, 0.15) is 0 Å². The molecule has 2 heterocycles. The first-order valence-corrected chi connectivity index (χ1v) is 9.63. The standard InChI is InChI=1S/C17H25N3O2S/c21-15(20-9-5-1-2-6-10-20)11-14-12-23-17(18-14)19-16(22)13-7-3-4-8-13/h12-13H,1-11H2,(H,18,19,22). The molecule has 0 radical (unpaired) electrons. The summed E-state index contributed by atoms with van der Waals surface area (Å²) < 4.78 is 0. The maximum Gasteiger partial charge on any atom is 0.229 e. The fraction of sp³-hybridized carbons (Fsp3) is 0.706. The van der Waals surface area contributed by atoms with E-state index in [-0.39, 0.29) is 17.7 Å². The zero-order chi connectivity index (χ0) is 16.1. The molecule has 0 unspecified atom stereocenters. The van der Waals surface area contributed by atoms with Crippen LogP contribution in [0.5, 0.6) is 0 Å². The lowest BCUT2D eigenvalue weighted by molar-refractivity contribution is -0.130. The number of rotatable bonds is 4. The highest BCUT2D eigenvalue weighted by atomic mass is 32.1. The van der Waals surface area contributed by atoms with E-state index in [1.807, 2.05) is 10.3 Å². The number of nitrogens with zero attached hydrogens (tertiary/aromatic N) is 2. The van der Waals surface area contributed by atoms with E-state index in [4.69, 9.17) is 0 Å². The number of aromatic nitrogens is 1. The number of carbonyl (C=O) groups is 2. The molecule has 1 N–H and O–H groups in total. The Bertz CT molecular complexity index is 544. The second-order valence-corrected chi connectivity index (χ2v) is 7.44. The van der Waals surface area contributed by atoms with Gasteiger partial charge in [-0.2, -0.15) is 0 Å². The number of carbonyl (C=O) groups excluding carboxylic acids is 2. The van der Waals surface area contributed by atoms with Gasteiger partial charge < -0.3 is 10.2 Å². The molecule has 0 atom stereocenters. The molecular formula is C17H25N3O2S. The summed E-state index contributed by atoms with van der Waals surface area (Å²) in [6.45, 7) is 1.74. The van der Waals surface area contributed by atoms with Gasteiger partial charge in [0.15, 0.2) is 5.13 Å². The van der Waals surface area contributed by atoms with Crippen LogP contribution in [0.2, 0.25) is 0 Å². The van der Waals surface area contributed by atoms with Crippen LogP contribution in [-0.4, -0.2) is 34.8 Å². The molecule has 2 amide bonds. The van der Waals surface area contributed by atoms with Crippen molar-refractivity contribution in [3.8, 4) is 0 Å². The Labute approximate surface area is 141 Å². The lowest BCUT2D eigenvalue weighted by Gasteiger charge is -2.19. The summed E-state index contributed by atoms with van der Waals surface area (Å²) in [4.78, 5) is 30.9. The first kappa shape index (κ1) is 16.4. The second-order valence-electron chi connectivity index (χ2n) is 6.59. The molecule has 0 aromatic carbocycles. The Kier molecular flexibility index (Phi) is 5.65. The van der Waals surface area contributed by atoms with Gasteiger partial charge >= 0.3 is 0 Å². The summed E-state index contributed by atoms with van der Waals surface area (Å²) in [5, 5.41) is 5.43. The third kappa shape index (κ3) is 4.53. The van der Waals surface area contributed by atoms with Crippen molar-refractivity contribution < 1.29 is 9.59 Å². The van der Waals surface area contributed by atoms with Gasteiger partial charge in [0.05, 0.1) is 12.1 Å². The quantitative estimate of drug-likeness (QED) is 0.919. The maximum absolute atomic E-state index is 12.4. The van der Waals surface area contributed by atoms with Crippen LogP contribution in [0.4, 0.5) is 5.13 Å². The molecule has 23 heavy (non-hydrogen) atoms. The summed E-state index contributed by atoms with van der Waals surface area (Å²) in [5.41, 5.74) is 0.769. The molecular weight excluding hydrogens is 310 g/mol. The van der Waals surface area contributed by atoms with Crippen LogP contribution in [0, 0.1) is 5.92 Å². The predicted octanol–water partition coefficient (Wildman–Crippen LogP) is 3.22. The Morgan fingerprint density at radius 2 is 1.83 bits per heavy atom. The largest absolute Gasteiger partial charge is 0.342 e. The minimum absolute atomic E-state index is 0.0854. The highest BCUT2D eigenvalue weighted by Gasteiger charge is 2.23. The molecule has 1 aliphatic heterocycles. The molecule has 5 nitrogen and oxygen atoms in total. The number of likely N-dealkylation sites (tertiary alicyclic amines) is 1. The van der Waals surface area contributed by atoms with Crippen LogP contribution in [0.3, 0.4) is 0 Å². The number of nitrogens with one attached hydrogen (secondary N) is 1. The SMILES string of the molecule is O=C(Nc1nc(CC(=O)N2CCCCCC2)cs1)C1CCCC1. The van der Waals surface area contributed by atoms with Crippen LogP contribution in [0.25, 0.3) is 0 Å². The Balaban J connectivity index is 1.52. The van der Waals surface area contributed by atoms with Crippen LogP contribution >= 0.6 is 11.3 Å². The van der Waals surface area contributed by atoms with Crippen molar-refractivity contribution in [2.24, 2.45) is 5.92 Å². The Morgan fingerprint density at radius 1 is 1.13 bits per heavy atom. The third-order valence-electron chi connectivity index (χ3n) is 4.80. The second kappa shape index (κ2) is 7.90. The van der Waals surface area contributed by atoms with Gasteiger partial charge in [-0.1, -0.05) is 25.7 Å². The first-order valence-electron chi connectivity index (χ1n) is 8.75. The lowest BCUT2D eigenvalue weighted by atomic mass is 10.1. The monoisotopic (exact) mass is 335 g/mol. The predicted molar refractivity (Wildman–Crippen MR) is 91.5 cm³/mol. The van der Waals surface area contributed by atoms with Gasteiger partial charge in [0.25, 0.3) is 0 Å². The van der Waals surface area contributed by atoms with E-state index in [0.717, 1.165) is 57.3 Å². The molecule has 1 saturated carbocycles. The zero-order valence-electron chi connectivity index (χ0n) is 13.6. The highest BCUT2D eigenvalue weighted by molar-refractivity contribution is 7.13. The minimum Gasteiger partial charge on any atom is -0.342 e. The van der Waals surface area contributed by atoms with Crippen LogP contribution in [0.1, 0.15) is 57.1 Å². The van der Waals surface area contributed by atoms with Crippen molar-refractivity contribution in [1.82, 2.24) is 9.88 Å². The lowest BCUT2D eigenvalue weighted by Crippen LogP contribution is -2.33. The van der Waals surface area contributed by atoms with Crippen molar-refractivity contribution in [1.29, 1.82) is 0 Å². The fourth-order valence-corrected chi connectivity index (χ4v) is 4.14. The average Bonchev–Trinajstić information content (AvgIpc) is 3.14. The smallest absolute Gasteiger partial charge is 0.229 e. The molecule has 3 rings (SSSR count). The molecule has 0 spiro atoms. The first-order chi connectivity index (χ1) is 11.2. The normalized spacial score (nSPS) is 19.6. The van der Waals surface area contributed by atoms with Crippen LogP contribution in [0.15, 0.2) is 5.38 Å². The van der Waals surface area contributed by atoms with E-state index >= 15 is 0 Å².